The van der Waals surface area contributed by atoms with Crippen molar-refractivity contribution in [3.63, 3.8) is 0 Å². The molecule has 2 heterocycles. The number of nitrogens with zero attached hydrogens (tertiary/aromatic N) is 2. The molecule has 0 spiro atoms. The Balaban J connectivity index is 0.911. The number of benzene rings is 12. The van der Waals surface area contributed by atoms with Crippen molar-refractivity contribution < 1.29 is 4.42 Å². The highest BCUT2D eigenvalue weighted by Gasteiger charge is 2.22. The van der Waals surface area contributed by atoms with Crippen LogP contribution in [0.4, 0.5) is 17.1 Å². The van der Waals surface area contributed by atoms with Crippen LogP contribution in [0, 0.1) is 0 Å². The van der Waals surface area contributed by atoms with Crippen LogP contribution in [0.5, 0.6) is 0 Å². The average molecular weight is 905 g/mol. The van der Waals surface area contributed by atoms with E-state index in [1.807, 2.05) is 6.07 Å². The lowest BCUT2D eigenvalue weighted by Gasteiger charge is -2.28. The second-order valence-electron chi connectivity index (χ2n) is 18.4. The van der Waals surface area contributed by atoms with E-state index < -0.39 is 0 Å². The lowest BCUT2D eigenvalue weighted by molar-refractivity contribution is 0.670. The Morgan fingerprint density at radius 1 is 0.296 bits per heavy atom. The van der Waals surface area contributed by atoms with Gasteiger partial charge in [-0.25, -0.2) is 0 Å². The summed E-state index contributed by atoms with van der Waals surface area (Å²) in [6, 6.07) is 96.7. The highest BCUT2D eigenvalue weighted by atomic mass is 16.3. The number of para-hydroxylation sites is 6. The summed E-state index contributed by atoms with van der Waals surface area (Å²) in [5.74, 6) is 0. The SMILES string of the molecule is c1cc(-c2ccc(N(c3cccc(-c4cc5ccccc5c5ccccc45)c3)c3ccccc3-c3cccc4c3oc3ccccc34)cc2)cc(-c2ccccc2-n2c3ccccc3c3ccccc32)c1. The van der Waals surface area contributed by atoms with Crippen LogP contribution in [-0.2, 0) is 0 Å². The van der Waals surface area contributed by atoms with Crippen molar-refractivity contribution in [1.29, 1.82) is 0 Å². The minimum Gasteiger partial charge on any atom is -0.455 e. The second-order valence-corrected chi connectivity index (χ2v) is 18.4. The lowest BCUT2D eigenvalue weighted by atomic mass is 9.93. The summed E-state index contributed by atoms with van der Waals surface area (Å²) < 4.78 is 9.11. The normalized spacial score (nSPS) is 11.7. The van der Waals surface area contributed by atoms with Gasteiger partial charge in [0, 0.05) is 49.6 Å². The average Bonchev–Trinajstić information content (AvgIpc) is 4.00. The van der Waals surface area contributed by atoms with Gasteiger partial charge in [-0.15, -0.1) is 0 Å². The highest BCUT2D eigenvalue weighted by molar-refractivity contribution is 6.15. The van der Waals surface area contributed by atoms with Gasteiger partial charge in [-0.2, -0.15) is 0 Å². The van der Waals surface area contributed by atoms with Crippen molar-refractivity contribution >= 4 is 82.4 Å². The van der Waals surface area contributed by atoms with Gasteiger partial charge < -0.3 is 13.9 Å². The van der Waals surface area contributed by atoms with Gasteiger partial charge >= 0.3 is 0 Å². The Labute approximate surface area is 411 Å². The molecule has 332 valence electrons. The van der Waals surface area contributed by atoms with Crippen molar-refractivity contribution in [3.05, 3.63) is 267 Å². The van der Waals surface area contributed by atoms with Gasteiger partial charge in [0.2, 0.25) is 0 Å². The molecule has 3 heteroatoms. The molecule has 0 radical (unpaired) electrons. The fraction of sp³-hybridized carbons (Fsp3) is 0. The molecule has 0 atom stereocenters. The Kier molecular flexibility index (Phi) is 9.53. The molecular weight excluding hydrogens is 861 g/mol. The highest BCUT2D eigenvalue weighted by Crippen LogP contribution is 2.46. The molecule has 3 nitrogen and oxygen atoms in total. The molecule has 0 unspecified atom stereocenters. The first kappa shape index (κ1) is 40.6. The molecule has 0 bridgehead atoms. The number of rotatable bonds is 8. The molecule has 0 N–H and O–H groups in total. The third-order valence-corrected chi connectivity index (χ3v) is 14.4. The van der Waals surface area contributed by atoms with Crippen LogP contribution in [0.15, 0.2) is 271 Å². The number of hydrogen-bond acceptors (Lipinski definition) is 2. The van der Waals surface area contributed by atoms with Gasteiger partial charge in [0.05, 0.1) is 22.4 Å². The first-order chi connectivity index (χ1) is 35.2. The third kappa shape index (κ3) is 6.74. The molecule has 0 aliphatic heterocycles. The maximum absolute atomic E-state index is 6.69. The molecule has 14 aromatic rings. The van der Waals surface area contributed by atoms with Crippen molar-refractivity contribution in [2.45, 2.75) is 0 Å². The van der Waals surface area contributed by atoms with E-state index in [0.29, 0.717) is 0 Å². The summed E-state index contributed by atoms with van der Waals surface area (Å²) in [6.07, 6.45) is 0. The first-order valence-electron chi connectivity index (χ1n) is 24.3. The minimum absolute atomic E-state index is 0.882. The molecule has 0 amide bonds. The first-order valence-corrected chi connectivity index (χ1v) is 24.3. The molecule has 0 aliphatic carbocycles. The van der Waals surface area contributed by atoms with E-state index in [1.165, 1.54) is 54.5 Å². The van der Waals surface area contributed by atoms with Gasteiger partial charge in [0.25, 0.3) is 0 Å². The predicted molar refractivity (Wildman–Crippen MR) is 299 cm³/mol. The molecule has 0 fully saturated rings. The fourth-order valence-electron chi connectivity index (χ4n) is 11.2. The Bertz CT molecular complexity index is 4310. The summed E-state index contributed by atoms with van der Waals surface area (Å²) in [7, 11) is 0. The van der Waals surface area contributed by atoms with Crippen LogP contribution < -0.4 is 4.90 Å². The van der Waals surface area contributed by atoms with Crippen molar-refractivity contribution in [1.82, 2.24) is 4.57 Å². The molecule has 0 aliphatic rings. The Morgan fingerprint density at radius 3 is 1.66 bits per heavy atom. The third-order valence-electron chi connectivity index (χ3n) is 14.4. The van der Waals surface area contributed by atoms with Gasteiger partial charge in [0.15, 0.2) is 0 Å². The van der Waals surface area contributed by atoms with E-state index in [1.54, 1.807) is 0 Å². The van der Waals surface area contributed by atoms with Gasteiger partial charge in [-0.3, -0.25) is 0 Å². The molecule has 0 saturated carbocycles. The zero-order valence-corrected chi connectivity index (χ0v) is 38.7. The summed E-state index contributed by atoms with van der Waals surface area (Å²) in [5, 5.41) is 9.70. The van der Waals surface area contributed by atoms with Crippen molar-refractivity contribution in [2.75, 3.05) is 4.90 Å². The molecule has 0 saturated heterocycles. The monoisotopic (exact) mass is 904 g/mol. The van der Waals surface area contributed by atoms with E-state index in [0.717, 1.165) is 78.1 Å². The Hall–Kier alpha value is -9.44. The molecule has 12 aromatic carbocycles. The number of hydrogen-bond donors (Lipinski definition) is 0. The predicted octanol–water partition coefficient (Wildman–Crippen LogP) is 19.1. The van der Waals surface area contributed by atoms with Crippen LogP contribution in [0.2, 0.25) is 0 Å². The summed E-state index contributed by atoms with van der Waals surface area (Å²) in [6.45, 7) is 0. The minimum atomic E-state index is 0.882. The summed E-state index contributed by atoms with van der Waals surface area (Å²) in [5.41, 5.74) is 17.6. The second kappa shape index (κ2) is 16.7. The van der Waals surface area contributed by atoms with Crippen molar-refractivity contribution in [3.8, 4) is 50.2 Å². The van der Waals surface area contributed by atoms with Gasteiger partial charge in [-0.1, -0.05) is 200 Å². The van der Waals surface area contributed by atoms with Crippen LogP contribution in [0.25, 0.3) is 115 Å². The number of fused-ring (bicyclic) bond motifs is 9. The maximum Gasteiger partial charge on any atom is 0.143 e. The number of aromatic nitrogens is 1. The molecule has 2 aromatic heterocycles. The van der Waals surface area contributed by atoms with Crippen LogP contribution in [0.3, 0.4) is 0 Å². The topological polar surface area (TPSA) is 21.3 Å². The van der Waals surface area contributed by atoms with Crippen LogP contribution in [0.1, 0.15) is 0 Å². The zero-order chi connectivity index (χ0) is 46.8. The molecule has 71 heavy (non-hydrogen) atoms. The molecule has 14 rings (SSSR count). The van der Waals surface area contributed by atoms with E-state index in [4.69, 9.17) is 4.42 Å². The van der Waals surface area contributed by atoms with E-state index >= 15 is 0 Å². The molecular formula is C68H44N2O. The smallest absolute Gasteiger partial charge is 0.143 e. The van der Waals surface area contributed by atoms with E-state index in [2.05, 4.69) is 270 Å². The number of anilines is 3. The maximum atomic E-state index is 6.69. The van der Waals surface area contributed by atoms with E-state index in [9.17, 15) is 0 Å². The quantitative estimate of drug-likeness (QED) is 0.142. The summed E-state index contributed by atoms with van der Waals surface area (Å²) >= 11 is 0. The largest absolute Gasteiger partial charge is 0.455 e. The summed E-state index contributed by atoms with van der Waals surface area (Å²) in [4.78, 5) is 2.41. The standard InChI is InChI=1S/C68H44N2O/c1-2-23-52-49(18-1)44-62(55-26-4-3-25-54(52)55)48-21-16-22-51(43-48)69(64-34-11-8-29-58(64)60-31-17-32-61-59-30-9-14-37-67(59)71-68(60)61)50-40-38-45(39-41-50)46-19-15-20-47(42-46)53-24-5-10-33-63(53)70-65-35-12-6-27-56(65)57-28-7-13-36-66(57)70/h1-44H. The van der Waals surface area contributed by atoms with Crippen molar-refractivity contribution in [2.24, 2.45) is 0 Å². The van der Waals surface area contributed by atoms with Gasteiger partial charge in [0.1, 0.15) is 11.2 Å². The number of furan rings is 1. The van der Waals surface area contributed by atoms with Crippen LogP contribution >= 0.6 is 0 Å². The van der Waals surface area contributed by atoms with Gasteiger partial charge in [-0.05, 0) is 116 Å². The van der Waals surface area contributed by atoms with Crippen LogP contribution in [-0.4, -0.2) is 4.57 Å². The Morgan fingerprint density at radius 2 is 0.859 bits per heavy atom. The van der Waals surface area contributed by atoms with E-state index in [-0.39, 0.29) is 0 Å². The lowest BCUT2D eigenvalue weighted by Crippen LogP contribution is -2.11. The zero-order valence-electron chi connectivity index (χ0n) is 38.7. The fourth-order valence-corrected chi connectivity index (χ4v) is 11.2.